The van der Waals surface area contributed by atoms with E-state index in [0.29, 0.717) is 0 Å². The van der Waals surface area contributed by atoms with Crippen LogP contribution in [0.25, 0.3) is 0 Å². The molecule has 0 spiro atoms. The number of esters is 2. The lowest BCUT2D eigenvalue weighted by atomic mass is 9.89. The van der Waals surface area contributed by atoms with E-state index in [4.69, 9.17) is 18.9 Å². The molecule has 0 unspecified atom stereocenters. The molecule has 0 radical (unpaired) electrons. The first-order valence-electron chi connectivity index (χ1n) is 5.99. The van der Waals surface area contributed by atoms with Crippen molar-refractivity contribution in [2.45, 2.75) is 45.2 Å². The molecule has 0 N–H and O–H groups in total. The highest BCUT2D eigenvalue weighted by molar-refractivity contribution is 5.67. The zero-order valence-electron chi connectivity index (χ0n) is 11.8. The summed E-state index contributed by atoms with van der Waals surface area (Å²) in [5, 5.41) is 0. The molecule has 0 saturated heterocycles. The van der Waals surface area contributed by atoms with Gasteiger partial charge in [-0.15, -0.1) is 0 Å². The van der Waals surface area contributed by atoms with Crippen molar-refractivity contribution in [2.24, 2.45) is 0 Å². The van der Waals surface area contributed by atoms with Crippen LogP contribution in [-0.4, -0.2) is 50.6 Å². The minimum atomic E-state index is -0.722. The highest BCUT2D eigenvalue weighted by Gasteiger charge is 2.44. The summed E-state index contributed by atoms with van der Waals surface area (Å²) in [6.45, 7) is 4.44. The minimum Gasteiger partial charge on any atom is -0.455 e. The van der Waals surface area contributed by atoms with Gasteiger partial charge in [-0.05, 0) is 12.5 Å². The average molecular weight is 272 g/mol. The van der Waals surface area contributed by atoms with Crippen LogP contribution in [0.3, 0.4) is 0 Å². The van der Waals surface area contributed by atoms with Crippen molar-refractivity contribution < 1.29 is 28.5 Å². The maximum atomic E-state index is 11.2. The summed E-state index contributed by atoms with van der Waals surface area (Å²) in [6, 6.07) is 0. The van der Waals surface area contributed by atoms with Crippen LogP contribution in [0.5, 0.6) is 0 Å². The fourth-order valence-electron chi connectivity index (χ4n) is 2.24. The summed E-state index contributed by atoms with van der Waals surface area (Å²) < 4.78 is 21.1. The third kappa shape index (κ3) is 3.78. The SMILES string of the molecule is CO[C@H]1C=C(C)[C@H](OC)[C@@H](OC(C)=O)[C@@H]1OC(C)=O. The molecule has 0 amide bonds. The van der Waals surface area contributed by atoms with Crippen LogP contribution in [0.15, 0.2) is 11.6 Å². The zero-order valence-corrected chi connectivity index (χ0v) is 11.8. The van der Waals surface area contributed by atoms with Gasteiger partial charge in [0.25, 0.3) is 0 Å². The van der Waals surface area contributed by atoms with Crippen LogP contribution >= 0.6 is 0 Å². The smallest absolute Gasteiger partial charge is 0.303 e. The molecule has 0 aromatic heterocycles. The average Bonchev–Trinajstić information content (AvgIpc) is 2.31. The lowest BCUT2D eigenvalue weighted by molar-refractivity contribution is -0.186. The van der Waals surface area contributed by atoms with Gasteiger partial charge in [0.15, 0.2) is 12.2 Å². The van der Waals surface area contributed by atoms with Gasteiger partial charge in [-0.1, -0.05) is 6.08 Å². The largest absolute Gasteiger partial charge is 0.455 e. The summed E-state index contributed by atoms with van der Waals surface area (Å²) in [6.07, 6.45) is -0.567. The number of rotatable bonds is 4. The standard InChI is InChI=1S/C13H20O6/c1-7-6-10(16-4)12(18-8(2)14)13(11(7)17-5)19-9(3)15/h6,10-13H,1-5H3/t10-,11-,12+,13+/m0/s1. The Morgan fingerprint density at radius 2 is 1.53 bits per heavy atom. The van der Waals surface area contributed by atoms with Crippen LogP contribution in [-0.2, 0) is 28.5 Å². The number of hydrogen-bond acceptors (Lipinski definition) is 6. The van der Waals surface area contributed by atoms with E-state index in [1.807, 2.05) is 13.0 Å². The van der Waals surface area contributed by atoms with E-state index >= 15 is 0 Å². The predicted octanol–water partition coefficient (Wildman–Crippen LogP) is 0.840. The summed E-state index contributed by atoms with van der Waals surface area (Å²) in [5.41, 5.74) is 0.865. The van der Waals surface area contributed by atoms with Gasteiger partial charge >= 0.3 is 11.9 Å². The molecule has 19 heavy (non-hydrogen) atoms. The predicted molar refractivity (Wildman–Crippen MR) is 66.5 cm³/mol. The number of methoxy groups -OCH3 is 2. The highest BCUT2D eigenvalue weighted by Crippen LogP contribution is 2.28. The molecule has 0 aromatic carbocycles. The maximum absolute atomic E-state index is 11.2. The first-order valence-corrected chi connectivity index (χ1v) is 5.99. The number of ether oxygens (including phenoxy) is 4. The molecular weight excluding hydrogens is 252 g/mol. The molecule has 0 bridgehead atoms. The van der Waals surface area contributed by atoms with Gasteiger partial charge in [0.1, 0.15) is 12.2 Å². The molecule has 4 atom stereocenters. The second kappa shape index (κ2) is 6.68. The molecule has 0 fully saturated rings. The fourth-order valence-corrected chi connectivity index (χ4v) is 2.24. The van der Waals surface area contributed by atoms with Crippen LogP contribution in [0.2, 0.25) is 0 Å². The molecule has 0 aliphatic heterocycles. The summed E-state index contributed by atoms with van der Waals surface area (Å²) in [5.74, 6) is -0.930. The molecule has 1 rings (SSSR count). The van der Waals surface area contributed by atoms with Crippen LogP contribution in [0, 0.1) is 0 Å². The zero-order chi connectivity index (χ0) is 14.6. The third-order valence-electron chi connectivity index (χ3n) is 2.95. The van der Waals surface area contributed by atoms with Crippen LogP contribution < -0.4 is 0 Å². The van der Waals surface area contributed by atoms with E-state index in [-0.39, 0.29) is 0 Å². The van der Waals surface area contributed by atoms with Gasteiger partial charge in [-0.25, -0.2) is 0 Å². The summed E-state index contributed by atoms with van der Waals surface area (Å²) in [4.78, 5) is 22.4. The van der Waals surface area contributed by atoms with Crippen molar-refractivity contribution in [1.29, 1.82) is 0 Å². The second-order valence-corrected chi connectivity index (χ2v) is 4.42. The van der Waals surface area contributed by atoms with Gasteiger partial charge in [-0.2, -0.15) is 0 Å². The van der Waals surface area contributed by atoms with E-state index in [2.05, 4.69) is 0 Å². The van der Waals surface area contributed by atoms with Gasteiger partial charge in [0, 0.05) is 28.1 Å². The van der Waals surface area contributed by atoms with Gasteiger partial charge < -0.3 is 18.9 Å². The first kappa shape index (κ1) is 15.7. The van der Waals surface area contributed by atoms with Crippen molar-refractivity contribution >= 4 is 11.9 Å². The Kier molecular flexibility index (Phi) is 5.50. The lowest BCUT2D eigenvalue weighted by Gasteiger charge is -2.38. The third-order valence-corrected chi connectivity index (χ3v) is 2.95. The Morgan fingerprint density at radius 1 is 1.00 bits per heavy atom. The normalized spacial score (nSPS) is 30.5. The number of hydrogen-bond donors (Lipinski definition) is 0. The number of carbonyl (C=O) groups is 2. The molecule has 108 valence electrons. The van der Waals surface area contributed by atoms with Crippen molar-refractivity contribution in [3.05, 3.63) is 11.6 Å². The van der Waals surface area contributed by atoms with Gasteiger partial charge in [0.05, 0.1) is 0 Å². The van der Waals surface area contributed by atoms with Gasteiger partial charge in [0.2, 0.25) is 0 Å². The topological polar surface area (TPSA) is 71.1 Å². The molecule has 1 aliphatic carbocycles. The van der Waals surface area contributed by atoms with Crippen LogP contribution in [0.1, 0.15) is 20.8 Å². The van der Waals surface area contributed by atoms with E-state index in [9.17, 15) is 9.59 Å². The molecule has 0 aromatic rings. The summed E-state index contributed by atoms with van der Waals surface area (Å²) in [7, 11) is 3.01. The Labute approximate surface area is 112 Å². The van der Waals surface area contributed by atoms with E-state index in [1.54, 1.807) is 0 Å². The summed E-state index contributed by atoms with van der Waals surface area (Å²) >= 11 is 0. The monoisotopic (exact) mass is 272 g/mol. The molecule has 1 aliphatic rings. The second-order valence-electron chi connectivity index (χ2n) is 4.42. The molecule has 6 nitrogen and oxygen atoms in total. The quantitative estimate of drug-likeness (QED) is 0.558. The molecule has 6 heteroatoms. The minimum absolute atomic E-state index is 0.459. The number of carbonyl (C=O) groups excluding carboxylic acids is 2. The fraction of sp³-hybridized carbons (Fsp3) is 0.692. The molecule has 0 saturated carbocycles. The Balaban J connectivity index is 3.09. The first-order chi connectivity index (χ1) is 8.90. The van der Waals surface area contributed by atoms with Gasteiger partial charge in [-0.3, -0.25) is 9.59 Å². The van der Waals surface area contributed by atoms with E-state index in [0.717, 1.165) is 5.57 Å². The Hall–Kier alpha value is -1.40. The van der Waals surface area contributed by atoms with Crippen molar-refractivity contribution in [2.75, 3.05) is 14.2 Å². The van der Waals surface area contributed by atoms with Crippen molar-refractivity contribution in [3.63, 3.8) is 0 Å². The Bertz CT molecular complexity index is 375. The molecule has 0 heterocycles. The maximum Gasteiger partial charge on any atom is 0.303 e. The van der Waals surface area contributed by atoms with Crippen molar-refractivity contribution in [3.8, 4) is 0 Å². The highest BCUT2D eigenvalue weighted by atomic mass is 16.6. The van der Waals surface area contributed by atoms with Crippen LogP contribution in [0.4, 0.5) is 0 Å². The van der Waals surface area contributed by atoms with E-state index < -0.39 is 36.4 Å². The molecular formula is C13H20O6. The van der Waals surface area contributed by atoms with Crippen molar-refractivity contribution in [1.82, 2.24) is 0 Å². The van der Waals surface area contributed by atoms with E-state index in [1.165, 1.54) is 28.1 Å². The Morgan fingerprint density at radius 3 is 1.95 bits per heavy atom. The lowest BCUT2D eigenvalue weighted by Crippen LogP contribution is -2.53.